The van der Waals surface area contributed by atoms with E-state index in [1.165, 1.54) is 19.0 Å². The van der Waals surface area contributed by atoms with Crippen LogP contribution in [-0.2, 0) is 33.0 Å². The predicted octanol–water partition coefficient (Wildman–Crippen LogP) is 2.35. The van der Waals surface area contributed by atoms with Crippen molar-refractivity contribution in [1.82, 2.24) is 13.9 Å². The van der Waals surface area contributed by atoms with E-state index in [9.17, 15) is 18.0 Å². The molecule has 2 heterocycles. The van der Waals surface area contributed by atoms with Crippen molar-refractivity contribution in [3.05, 3.63) is 48.3 Å². The van der Waals surface area contributed by atoms with E-state index in [0.29, 0.717) is 42.3 Å². The summed E-state index contributed by atoms with van der Waals surface area (Å²) in [4.78, 5) is 30.8. The van der Waals surface area contributed by atoms with E-state index in [0.717, 1.165) is 9.82 Å². The lowest BCUT2D eigenvalue weighted by molar-refractivity contribution is -0.116. The second-order valence-electron chi connectivity index (χ2n) is 7.86. The predicted molar refractivity (Wildman–Crippen MR) is 124 cm³/mol. The highest BCUT2D eigenvalue weighted by molar-refractivity contribution is 7.89. The number of anilines is 2. The average Bonchev–Trinajstić information content (AvgIpc) is 3.35. The summed E-state index contributed by atoms with van der Waals surface area (Å²) >= 11 is 0. The van der Waals surface area contributed by atoms with Crippen molar-refractivity contribution in [1.29, 1.82) is 0 Å². The Hall–Kier alpha value is -3.44. The summed E-state index contributed by atoms with van der Waals surface area (Å²) in [5, 5.41) is 2.86. The quantitative estimate of drug-likeness (QED) is 0.566. The third-order valence-electron chi connectivity index (χ3n) is 5.53. The molecule has 0 radical (unpaired) electrons. The molecule has 10 nitrogen and oxygen atoms in total. The van der Waals surface area contributed by atoms with Crippen LogP contribution in [0, 0.1) is 0 Å². The van der Waals surface area contributed by atoms with Crippen LogP contribution in [0.25, 0.3) is 11.0 Å². The molecule has 1 aliphatic rings. The number of hydrogen-bond donors (Lipinski definition) is 1. The maximum absolute atomic E-state index is 12.7. The van der Waals surface area contributed by atoms with E-state index >= 15 is 0 Å². The number of nitrogens with one attached hydrogen (secondary N) is 1. The van der Waals surface area contributed by atoms with Crippen molar-refractivity contribution in [2.45, 2.75) is 17.7 Å². The van der Waals surface area contributed by atoms with Crippen LogP contribution in [0.4, 0.5) is 16.2 Å². The number of nitrogens with zero attached hydrogens (tertiary/aromatic N) is 4. The van der Waals surface area contributed by atoms with Gasteiger partial charge in [0.25, 0.3) is 0 Å². The highest BCUT2D eigenvalue weighted by Gasteiger charge is 2.26. The number of fused-ring (bicyclic) bond motifs is 1. The summed E-state index contributed by atoms with van der Waals surface area (Å²) in [6, 6.07) is 11.9. The summed E-state index contributed by atoms with van der Waals surface area (Å²) in [6.07, 6.45) is 0.0894. The molecule has 33 heavy (non-hydrogen) atoms. The summed E-state index contributed by atoms with van der Waals surface area (Å²) in [7, 11) is 1.22. The Morgan fingerprint density at radius 3 is 2.67 bits per heavy atom. The second-order valence-corrected chi connectivity index (χ2v) is 10.0. The Kier molecular flexibility index (Phi) is 6.09. The van der Waals surface area contributed by atoms with Crippen LogP contribution >= 0.6 is 0 Å². The molecule has 4 rings (SSSR count). The maximum Gasteiger partial charge on any atom is 0.414 e. The molecular weight excluding hydrogens is 446 g/mol. The summed E-state index contributed by atoms with van der Waals surface area (Å²) in [6.45, 7) is 0.739. The number of para-hydroxylation sites is 2. The first kappa shape index (κ1) is 22.7. The average molecular weight is 472 g/mol. The van der Waals surface area contributed by atoms with E-state index in [2.05, 4.69) is 10.3 Å². The van der Waals surface area contributed by atoms with Crippen molar-refractivity contribution in [3.63, 3.8) is 0 Å². The number of sulfonamides is 1. The van der Waals surface area contributed by atoms with Crippen LogP contribution < -0.4 is 10.2 Å². The van der Waals surface area contributed by atoms with Gasteiger partial charge in [-0.05, 0) is 30.3 Å². The standard InChI is InChI=1S/C22H25N5O5S/c1-25(2)33(30,31)15-8-9-18-17(14-15)23-20(26(18)3)10-11-21(28)24-16-6-4-5-7-19(16)27-12-13-32-22(27)29/h4-9,14H,10-13H2,1-3H3,(H,24,28). The minimum Gasteiger partial charge on any atom is -0.447 e. The molecule has 0 atom stereocenters. The van der Waals surface area contributed by atoms with Gasteiger partial charge in [0.05, 0.1) is 33.8 Å². The Morgan fingerprint density at radius 1 is 1.21 bits per heavy atom. The lowest BCUT2D eigenvalue weighted by Gasteiger charge is -2.17. The molecule has 1 N–H and O–H groups in total. The molecule has 2 amide bonds. The lowest BCUT2D eigenvalue weighted by atomic mass is 10.2. The molecule has 11 heteroatoms. The van der Waals surface area contributed by atoms with Gasteiger partial charge in [-0.15, -0.1) is 0 Å². The lowest BCUT2D eigenvalue weighted by Crippen LogP contribution is -2.25. The molecule has 0 saturated carbocycles. The molecule has 0 spiro atoms. The molecule has 0 bridgehead atoms. The Balaban J connectivity index is 1.49. The van der Waals surface area contributed by atoms with Gasteiger partial charge < -0.3 is 14.6 Å². The van der Waals surface area contributed by atoms with Gasteiger partial charge in [-0.3, -0.25) is 9.69 Å². The highest BCUT2D eigenvalue weighted by atomic mass is 32.2. The van der Waals surface area contributed by atoms with Gasteiger partial charge in [0.15, 0.2) is 0 Å². The van der Waals surface area contributed by atoms with Crippen molar-refractivity contribution in [2.24, 2.45) is 7.05 Å². The number of carbonyl (C=O) groups is 2. The Bertz CT molecular complexity index is 1330. The van der Waals surface area contributed by atoms with Gasteiger partial charge in [0.2, 0.25) is 15.9 Å². The molecule has 2 aromatic carbocycles. The van der Waals surface area contributed by atoms with E-state index < -0.39 is 16.1 Å². The molecule has 1 fully saturated rings. The Morgan fingerprint density at radius 2 is 1.97 bits per heavy atom. The number of ether oxygens (including phenoxy) is 1. The summed E-state index contributed by atoms with van der Waals surface area (Å²) < 4.78 is 32.8. The summed E-state index contributed by atoms with van der Waals surface area (Å²) in [5.74, 6) is 0.439. The van der Waals surface area contributed by atoms with Crippen molar-refractivity contribution < 1.29 is 22.7 Å². The third-order valence-corrected chi connectivity index (χ3v) is 7.34. The number of aryl methyl sites for hydroxylation is 2. The number of rotatable bonds is 7. The van der Waals surface area contributed by atoms with Gasteiger partial charge in [0, 0.05) is 34.0 Å². The van der Waals surface area contributed by atoms with E-state index in [1.807, 2.05) is 11.6 Å². The number of hydrogen-bond acceptors (Lipinski definition) is 6. The second kappa shape index (κ2) is 8.83. The third kappa shape index (κ3) is 4.41. The number of benzene rings is 2. The Labute approximate surface area is 191 Å². The number of aromatic nitrogens is 2. The van der Waals surface area contributed by atoms with Crippen molar-refractivity contribution >= 4 is 44.4 Å². The van der Waals surface area contributed by atoms with Crippen LogP contribution in [0.2, 0.25) is 0 Å². The molecule has 1 aliphatic heterocycles. The minimum atomic E-state index is -3.56. The van der Waals surface area contributed by atoms with Gasteiger partial charge in [0.1, 0.15) is 12.4 Å². The molecule has 1 saturated heterocycles. The first-order valence-electron chi connectivity index (χ1n) is 10.4. The maximum atomic E-state index is 12.7. The normalized spacial score (nSPS) is 14.2. The van der Waals surface area contributed by atoms with Crippen LogP contribution in [0.5, 0.6) is 0 Å². The van der Waals surface area contributed by atoms with Gasteiger partial charge in [-0.1, -0.05) is 12.1 Å². The summed E-state index contributed by atoms with van der Waals surface area (Å²) in [5.41, 5.74) is 2.45. The van der Waals surface area contributed by atoms with E-state index in [-0.39, 0.29) is 17.2 Å². The highest BCUT2D eigenvalue weighted by Crippen LogP contribution is 2.28. The van der Waals surface area contributed by atoms with Crippen LogP contribution in [0.15, 0.2) is 47.4 Å². The topological polar surface area (TPSA) is 114 Å². The molecular formula is C22H25N5O5S. The molecule has 0 aliphatic carbocycles. The van der Waals surface area contributed by atoms with E-state index in [4.69, 9.17) is 4.74 Å². The number of imidazole rings is 1. The molecule has 1 aromatic heterocycles. The van der Waals surface area contributed by atoms with Crippen molar-refractivity contribution in [2.75, 3.05) is 37.5 Å². The van der Waals surface area contributed by atoms with Crippen LogP contribution in [0.3, 0.4) is 0 Å². The first-order valence-corrected chi connectivity index (χ1v) is 11.8. The fourth-order valence-electron chi connectivity index (χ4n) is 3.69. The molecule has 0 unspecified atom stereocenters. The van der Waals surface area contributed by atoms with Crippen LogP contribution in [0.1, 0.15) is 12.2 Å². The number of amides is 2. The fraction of sp³-hybridized carbons (Fsp3) is 0.318. The first-order chi connectivity index (χ1) is 15.7. The number of carbonyl (C=O) groups excluding carboxylic acids is 2. The zero-order valence-corrected chi connectivity index (χ0v) is 19.4. The van der Waals surface area contributed by atoms with Gasteiger partial charge >= 0.3 is 6.09 Å². The minimum absolute atomic E-state index is 0.165. The number of cyclic esters (lactones) is 1. The monoisotopic (exact) mass is 471 g/mol. The van der Waals surface area contributed by atoms with Crippen molar-refractivity contribution in [3.8, 4) is 0 Å². The SMILES string of the molecule is CN(C)S(=O)(=O)c1ccc2c(c1)nc(CCC(=O)Nc1ccccc1N1CCOC1=O)n2C. The molecule has 174 valence electrons. The fourth-order valence-corrected chi connectivity index (χ4v) is 4.61. The van der Waals surface area contributed by atoms with E-state index in [1.54, 1.807) is 42.5 Å². The largest absolute Gasteiger partial charge is 0.447 e. The van der Waals surface area contributed by atoms with Gasteiger partial charge in [-0.2, -0.15) is 0 Å². The zero-order valence-electron chi connectivity index (χ0n) is 18.6. The van der Waals surface area contributed by atoms with Crippen LogP contribution in [-0.4, -0.2) is 61.5 Å². The molecule has 3 aromatic rings. The smallest absolute Gasteiger partial charge is 0.414 e. The van der Waals surface area contributed by atoms with Gasteiger partial charge in [-0.25, -0.2) is 22.5 Å². The zero-order chi connectivity index (χ0) is 23.8.